The third-order valence-corrected chi connectivity index (χ3v) is 2.97. The van der Waals surface area contributed by atoms with E-state index in [0.717, 1.165) is 5.56 Å². The molecule has 1 aromatic carbocycles. The fourth-order valence-corrected chi connectivity index (χ4v) is 1.85. The van der Waals surface area contributed by atoms with Gasteiger partial charge in [0.05, 0.1) is 31.0 Å². The van der Waals surface area contributed by atoms with Crippen LogP contribution in [0.15, 0.2) is 24.5 Å². The predicted molar refractivity (Wildman–Crippen MR) is 72.5 cm³/mol. The first-order chi connectivity index (χ1) is 9.63. The summed E-state index contributed by atoms with van der Waals surface area (Å²) in [5.74, 6) is -0.400. The molecule has 2 rings (SSSR count). The molecule has 0 spiro atoms. The number of halogens is 1. The number of aromatic nitrogens is 2. The molecule has 0 bridgehead atoms. The highest BCUT2D eigenvalue weighted by Crippen LogP contribution is 2.21. The number of nitrogens with zero attached hydrogens (tertiary/aromatic N) is 3. The molecule has 1 heterocycles. The van der Waals surface area contributed by atoms with Crippen LogP contribution in [0.3, 0.4) is 0 Å². The van der Waals surface area contributed by atoms with Gasteiger partial charge in [-0.15, -0.1) is 0 Å². The van der Waals surface area contributed by atoms with Crippen LogP contribution in [0.1, 0.15) is 16.7 Å². The van der Waals surface area contributed by atoms with Gasteiger partial charge in [0.2, 0.25) is 0 Å². The summed E-state index contributed by atoms with van der Waals surface area (Å²) < 4.78 is 15.3. The van der Waals surface area contributed by atoms with E-state index in [0.29, 0.717) is 24.3 Å². The van der Waals surface area contributed by atoms with Crippen LogP contribution < -0.4 is 5.32 Å². The van der Waals surface area contributed by atoms with Crippen LogP contribution in [0.5, 0.6) is 0 Å². The van der Waals surface area contributed by atoms with Crippen LogP contribution in [0.25, 0.3) is 0 Å². The normalized spacial score (nSPS) is 10.3. The third-order valence-electron chi connectivity index (χ3n) is 2.97. The maximum absolute atomic E-state index is 13.6. The maximum Gasteiger partial charge on any atom is 0.129 e. The Balaban J connectivity index is 2.10. The molecule has 2 N–H and O–H groups in total. The highest BCUT2D eigenvalue weighted by Gasteiger charge is 2.07. The van der Waals surface area contributed by atoms with Crippen LogP contribution in [-0.2, 0) is 13.1 Å². The molecule has 0 amide bonds. The molecule has 0 unspecified atom stereocenters. The topological polar surface area (TPSA) is 73.9 Å². The van der Waals surface area contributed by atoms with Crippen molar-refractivity contribution >= 4 is 5.69 Å². The molecule has 2 aromatic rings. The number of rotatable bonds is 5. The van der Waals surface area contributed by atoms with Gasteiger partial charge in [-0.05, 0) is 19.1 Å². The first kappa shape index (κ1) is 14.0. The Hall–Kier alpha value is -2.39. The summed E-state index contributed by atoms with van der Waals surface area (Å²) in [6, 6.07) is 4.77. The van der Waals surface area contributed by atoms with E-state index in [2.05, 4.69) is 10.4 Å². The van der Waals surface area contributed by atoms with E-state index in [1.54, 1.807) is 23.9 Å². The summed E-state index contributed by atoms with van der Waals surface area (Å²) >= 11 is 0. The Bertz CT molecular complexity index is 645. The zero-order valence-corrected chi connectivity index (χ0v) is 11.1. The van der Waals surface area contributed by atoms with Gasteiger partial charge < -0.3 is 10.4 Å². The van der Waals surface area contributed by atoms with Crippen LogP contribution in [0, 0.1) is 24.1 Å². The molecular formula is C14H15FN4O. The molecule has 0 fully saturated rings. The predicted octanol–water partition coefficient (Wildman–Crippen LogP) is 1.81. The lowest BCUT2D eigenvalue weighted by Crippen LogP contribution is -2.03. The second-order valence-electron chi connectivity index (χ2n) is 4.43. The van der Waals surface area contributed by atoms with Crippen molar-refractivity contribution in [3.05, 3.63) is 47.0 Å². The highest BCUT2D eigenvalue weighted by atomic mass is 19.1. The van der Waals surface area contributed by atoms with Crippen molar-refractivity contribution in [3.8, 4) is 6.07 Å². The van der Waals surface area contributed by atoms with Crippen LogP contribution in [0.4, 0.5) is 10.1 Å². The Kier molecular flexibility index (Phi) is 4.33. The minimum atomic E-state index is -0.400. The van der Waals surface area contributed by atoms with Crippen molar-refractivity contribution in [1.29, 1.82) is 5.26 Å². The van der Waals surface area contributed by atoms with Crippen molar-refractivity contribution < 1.29 is 9.50 Å². The van der Waals surface area contributed by atoms with E-state index in [1.807, 2.05) is 12.3 Å². The van der Waals surface area contributed by atoms with Crippen LogP contribution in [0.2, 0.25) is 0 Å². The molecule has 0 saturated carbocycles. The maximum atomic E-state index is 13.6. The van der Waals surface area contributed by atoms with Crippen molar-refractivity contribution in [1.82, 2.24) is 9.78 Å². The van der Waals surface area contributed by atoms with Crippen LogP contribution >= 0.6 is 0 Å². The molecule has 0 atom stereocenters. The van der Waals surface area contributed by atoms with Gasteiger partial charge in [-0.3, -0.25) is 4.68 Å². The number of anilines is 1. The Morgan fingerprint density at radius 2 is 2.30 bits per heavy atom. The standard InChI is InChI=1S/C14H15FN4O/c1-10-13(15)4-11(6-16)5-14(10)17-7-12-8-18-19(9-12)2-3-20/h4-5,8-9,17,20H,2-3,7H2,1H3. The average molecular weight is 274 g/mol. The van der Waals surface area contributed by atoms with Gasteiger partial charge in [-0.1, -0.05) is 0 Å². The Labute approximate surface area is 116 Å². The van der Waals surface area contributed by atoms with Gasteiger partial charge in [0.25, 0.3) is 0 Å². The smallest absolute Gasteiger partial charge is 0.129 e. The lowest BCUT2D eigenvalue weighted by molar-refractivity contribution is 0.269. The van der Waals surface area contributed by atoms with E-state index < -0.39 is 5.82 Å². The summed E-state index contributed by atoms with van der Waals surface area (Å²) in [5, 5.41) is 24.8. The minimum Gasteiger partial charge on any atom is -0.394 e. The molecule has 1 aromatic heterocycles. The molecule has 104 valence electrons. The third kappa shape index (κ3) is 3.13. The quantitative estimate of drug-likeness (QED) is 0.872. The Morgan fingerprint density at radius 3 is 3.00 bits per heavy atom. The molecule has 6 heteroatoms. The number of aliphatic hydroxyl groups excluding tert-OH is 1. The first-order valence-electron chi connectivity index (χ1n) is 6.20. The van der Waals surface area contributed by atoms with Gasteiger partial charge >= 0.3 is 0 Å². The number of benzene rings is 1. The molecular weight excluding hydrogens is 259 g/mol. The summed E-state index contributed by atoms with van der Waals surface area (Å²) in [5.41, 5.74) is 2.27. The minimum absolute atomic E-state index is 0.0308. The second kappa shape index (κ2) is 6.17. The van der Waals surface area contributed by atoms with E-state index in [1.165, 1.54) is 6.07 Å². The molecule has 5 nitrogen and oxygen atoms in total. The van der Waals surface area contributed by atoms with E-state index in [4.69, 9.17) is 10.4 Å². The van der Waals surface area contributed by atoms with Crippen molar-refractivity contribution in [2.24, 2.45) is 0 Å². The van der Waals surface area contributed by atoms with E-state index >= 15 is 0 Å². The first-order valence-corrected chi connectivity index (χ1v) is 6.20. The highest BCUT2D eigenvalue weighted by molar-refractivity contribution is 5.56. The number of aliphatic hydroxyl groups is 1. The Morgan fingerprint density at radius 1 is 1.50 bits per heavy atom. The fraction of sp³-hybridized carbons (Fsp3) is 0.286. The number of nitriles is 1. The number of hydrogen-bond donors (Lipinski definition) is 2. The van der Waals surface area contributed by atoms with Gasteiger partial charge in [0, 0.05) is 29.6 Å². The largest absolute Gasteiger partial charge is 0.394 e. The van der Waals surface area contributed by atoms with Crippen molar-refractivity contribution in [3.63, 3.8) is 0 Å². The van der Waals surface area contributed by atoms with Gasteiger partial charge in [0.1, 0.15) is 5.82 Å². The molecule has 0 radical (unpaired) electrons. The second-order valence-corrected chi connectivity index (χ2v) is 4.43. The van der Waals surface area contributed by atoms with Crippen LogP contribution in [-0.4, -0.2) is 21.5 Å². The summed E-state index contributed by atoms with van der Waals surface area (Å²) in [6.45, 7) is 2.61. The summed E-state index contributed by atoms with van der Waals surface area (Å²) in [6.07, 6.45) is 3.49. The SMILES string of the molecule is Cc1c(F)cc(C#N)cc1NCc1cnn(CCO)c1. The summed E-state index contributed by atoms with van der Waals surface area (Å²) in [7, 11) is 0. The lowest BCUT2D eigenvalue weighted by Gasteiger charge is -2.09. The zero-order chi connectivity index (χ0) is 14.5. The van der Waals surface area contributed by atoms with Gasteiger partial charge in [-0.2, -0.15) is 10.4 Å². The van der Waals surface area contributed by atoms with Gasteiger partial charge in [0.15, 0.2) is 0 Å². The molecule has 0 aliphatic rings. The zero-order valence-electron chi connectivity index (χ0n) is 11.1. The molecule has 20 heavy (non-hydrogen) atoms. The van der Waals surface area contributed by atoms with Gasteiger partial charge in [-0.25, -0.2) is 4.39 Å². The average Bonchev–Trinajstić information content (AvgIpc) is 2.88. The van der Waals surface area contributed by atoms with Crippen molar-refractivity contribution in [2.45, 2.75) is 20.0 Å². The molecule has 0 aliphatic carbocycles. The van der Waals surface area contributed by atoms with E-state index in [-0.39, 0.29) is 12.2 Å². The number of hydrogen-bond acceptors (Lipinski definition) is 4. The van der Waals surface area contributed by atoms with E-state index in [9.17, 15) is 4.39 Å². The molecule has 0 aliphatic heterocycles. The van der Waals surface area contributed by atoms with Crippen molar-refractivity contribution in [2.75, 3.05) is 11.9 Å². The molecule has 0 saturated heterocycles. The number of nitrogens with one attached hydrogen (secondary N) is 1. The fourth-order valence-electron chi connectivity index (χ4n) is 1.85. The lowest BCUT2D eigenvalue weighted by atomic mass is 10.1. The monoisotopic (exact) mass is 274 g/mol. The summed E-state index contributed by atoms with van der Waals surface area (Å²) in [4.78, 5) is 0.